The third-order valence-electron chi connectivity index (χ3n) is 4.60. The molecule has 0 aliphatic heterocycles. The predicted molar refractivity (Wildman–Crippen MR) is 94.5 cm³/mol. The first kappa shape index (κ1) is 17.2. The first-order valence-corrected chi connectivity index (χ1v) is 8.77. The van der Waals surface area contributed by atoms with E-state index < -0.39 is 17.5 Å². The molecule has 0 saturated heterocycles. The molecule has 3 aromatic rings. The molecule has 2 heterocycles. The number of carbonyl (C=O) groups excluding carboxylic acids is 1. The van der Waals surface area contributed by atoms with Crippen LogP contribution in [-0.4, -0.2) is 25.5 Å². The Morgan fingerprint density at radius 3 is 2.70 bits per heavy atom. The molecule has 0 spiro atoms. The smallest absolute Gasteiger partial charge is 0.388 e. The fraction of sp³-hybridized carbons (Fsp3) is 0.333. The quantitative estimate of drug-likeness (QED) is 0.744. The molecule has 1 aliphatic rings. The van der Waals surface area contributed by atoms with Gasteiger partial charge in [-0.05, 0) is 37.1 Å². The van der Waals surface area contributed by atoms with Crippen LogP contribution in [0.1, 0.15) is 31.7 Å². The Morgan fingerprint density at radius 2 is 1.96 bits per heavy atom. The number of hydrogen-bond donors (Lipinski definition) is 1. The van der Waals surface area contributed by atoms with Gasteiger partial charge in [0.2, 0.25) is 11.8 Å². The monoisotopic (exact) mass is 371 g/mol. The molecule has 1 saturated carbocycles. The van der Waals surface area contributed by atoms with Gasteiger partial charge in [-0.25, -0.2) is 13.9 Å². The Bertz CT molecular complexity index is 999. The summed E-state index contributed by atoms with van der Waals surface area (Å²) in [5.41, 5.74) is 0.451. The Balaban J connectivity index is 1.47. The van der Waals surface area contributed by atoms with Crippen molar-refractivity contribution in [3.05, 3.63) is 52.9 Å². The number of carbonyl (C=O) groups is 1. The largest absolute Gasteiger partial charge is 0.437 e. The summed E-state index contributed by atoms with van der Waals surface area (Å²) in [4.78, 5) is 24.3. The summed E-state index contributed by atoms with van der Waals surface area (Å²) >= 11 is 0. The predicted octanol–water partition coefficient (Wildman–Crippen LogP) is 2.59. The van der Waals surface area contributed by atoms with Gasteiger partial charge in [-0.15, -0.1) is 5.10 Å². The van der Waals surface area contributed by atoms with Crippen LogP contribution in [0.2, 0.25) is 0 Å². The lowest BCUT2D eigenvalue weighted by Crippen LogP contribution is -2.27. The van der Waals surface area contributed by atoms with Gasteiger partial charge in [0.05, 0.1) is 12.2 Å². The van der Waals surface area contributed by atoms with Crippen molar-refractivity contribution in [1.29, 1.82) is 0 Å². The van der Waals surface area contributed by atoms with E-state index in [1.807, 2.05) is 4.68 Å². The van der Waals surface area contributed by atoms with E-state index in [2.05, 4.69) is 15.5 Å². The van der Waals surface area contributed by atoms with Gasteiger partial charge in [-0.1, -0.05) is 12.8 Å². The highest BCUT2D eigenvalue weighted by molar-refractivity contribution is 5.89. The molecule has 27 heavy (non-hydrogen) atoms. The fourth-order valence-corrected chi connectivity index (χ4v) is 3.29. The zero-order chi connectivity index (χ0) is 18.8. The van der Waals surface area contributed by atoms with Crippen LogP contribution in [0.3, 0.4) is 0 Å². The lowest BCUT2D eigenvalue weighted by atomic mass is 10.2. The second-order valence-electron chi connectivity index (χ2n) is 6.49. The lowest BCUT2D eigenvalue weighted by molar-refractivity contribution is -0.117. The topological polar surface area (TPSA) is 94.9 Å². The maximum atomic E-state index is 13.0. The molecule has 4 rings (SSSR count). The molecular weight excluding hydrogens is 353 g/mol. The minimum absolute atomic E-state index is 0.0313. The maximum Gasteiger partial charge on any atom is 0.437 e. The Labute approximate surface area is 153 Å². The summed E-state index contributed by atoms with van der Waals surface area (Å²) in [7, 11) is 0. The Morgan fingerprint density at radius 1 is 1.22 bits per heavy atom. The van der Waals surface area contributed by atoms with Crippen molar-refractivity contribution in [3.8, 4) is 11.5 Å². The first-order chi connectivity index (χ1) is 13.1. The van der Waals surface area contributed by atoms with Crippen molar-refractivity contribution in [1.82, 2.24) is 19.6 Å². The zero-order valence-electron chi connectivity index (χ0n) is 14.5. The Hall–Kier alpha value is -3.23. The van der Waals surface area contributed by atoms with Crippen LogP contribution in [-0.2, 0) is 11.3 Å². The molecular formula is C18H18FN5O3. The highest BCUT2D eigenvalue weighted by Gasteiger charge is 2.21. The minimum Gasteiger partial charge on any atom is -0.388 e. The SMILES string of the molecule is O=C(Cn1nc(-c2ccc(F)cc2)oc1=O)Nc1ccnn1C1CCCC1. The molecule has 0 bridgehead atoms. The second-order valence-corrected chi connectivity index (χ2v) is 6.49. The van der Waals surface area contributed by atoms with Gasteiger partial charge in [0.25, 0.3) is 0 Å². The molecule has 1 N–H and O–H groups in total. The molecule has 1 amide bonds. The van der Waals surface area contributed by atoms with Crippen LogP contribution >= 0.6 is 0 Å². The van der Waals surface area contributed by atoms with Crippen LogP contribution in [0, 0.1) is 5.82 Å². The van der Waals surface area contributed by atoms with Gasteiger partial charge < -0.3 is 9.73 Å². The number of aromatic nitrogens is 4. The van der Waals surface area contributed by atoms with Crippen molar-refractivity contribution in [2.75, 3.05) is 5.32 Å². The summed E-state index contributed by atoms with van der Waals surface area (Å²) in [6, 6.07) is 7.40. The zero-order valence-corrected chi connectivity index (χ0v) is 14.5. The second kappa shape index (κ2) is 7.18. The van der Waals surface area contributed by atoms with Crippen LogP contribution in [0.5, 0.6) is 0 Å². The summed E-state index contributed by atoms with van der Waals surface area (Å²) in [5.74, 6) is -0.936. The van der Waals surface area contributed by atoms with Gasteiger partial charge in [0.1, 0.15) is 18.2 Å². The van der Waals surface area contributed by atoms with E-state index in [0.29, 0.717) is 11.4 Å². The summed E-state index contributed by atoms with van der Waals surface area (Å²) in [6.07, 6.45) is 6.02. The van der Waals surface area contributed by atoms with Crippen molar-refractivity contribution < 1.29 is 13.6 Å². The number of hydrogen-bond acceptors (Lipinski definition) is 5. The van der Waals surface area contributed by atoms with E-state index in [9.17, 15) is 14.0 Å². The van der Waals surface area contributed by atoms with Crippen molar-refractivity contribution in [2.45, 2.75) is 38.3 Å². The fourth-order valence-electron chi connectivity index (χ4n) is 3.29. The van der Waals surface area contributed by atoms with E-state index in [1.165, 1.54) is 24.3 Å². The van der Waals surface area contributed by atoms with Crippen LogP contribution in [0.4, 0.5) is 10.2 Å². The molecule has 0 atom stereocenters. The number of nitrogens with one attached hydrogen (secondary N) is 1. The van der Waals surface area contributed by atoms with Crippen molar-refractivity contribution in [2.24, 2.45) is 0 Å². The third kappa shape index (κ3) is 3.67. The molecule has 9 heteroatoms. The maximum absolute atomic E-state index is 13.0. The third-order valence-corrected chi connectivity index (χ3v) is 4.60. The van der Waals surface area contributed by atoms with E-state index in [4.69, 9.17) is 4.42 Å². The molecule has 8 nitrogen and oxygen atoms in total. The molecule has 1 aliphatic carbocycles. The average Bonchev–Trinajstić information content (AvgIpc) is 3.37. The summed E-state index contributed by atoms with van der Waals surface area (Å²) in [6.45, 7) is -0.292. The van der Waals surface area contributed by atoms with Crippen LogP contribution < -0.4 is 11.1 Å². The van der Waals surface area contributed by atoms with Crippen LogP contribution in [0.15, 0.2) is 45.7 Å². The highest BCUT2D eigenvalue weighted by Crippen LogP contribution is 2.31. The molecule has 140 valence electrons. The highest BCUT2D eigenvalue weighted by atomic mass is 19.1. The van der Waals surface area contributed by atoms with E-state index in [-0.39, 0.29) is 18.5 Å². The Kier molecular flexibility index (Phi) is 4.57. The van der Waals surface area contributed by atoms with Crippen molar-refractivity contribution in [3.63, 3.8) is 0 Å². The van der Waals surface area contributed by atoms with Crippen LogP contribution in [0.25, 0.3) is 11.5 Å². The first-order valence-electron chi connectivity index (χ1n) is 8.77. The molecule has 0 unspecified atom stereocenters. The van der Waals surface area contributed by atoms with E-state index in [1.54, 1.807) is 12.3 Å². The standard InChI is InChI=1S/C18H18FN5O3/c19-13-7-5-12(6-8-13)17-22-23(18(26)27-17)11-16(25)21-15-9-10-20-24(15)14-3-1-2-4-14/h5-10,14H,1-4,11H2,(H,21,25). The van der Waals surface area contributed by atoms with Gasteiger partial charge in [-0.3, -0.25) is 4.79 Å². The van der Waals surface area contributed by atoms with Gasteiger partial charge in [0, 0.05) is 11.6 Å². The number of rotatable bonds is 5. The molecule has 0 radical (unpaired) electrons. The van der Waals surface area contributed by atoms with Gasteiger partial charge >= 0.3 is 5.76 Å². The molecule has 2 aromatic heterocycles. The number of halogens is 1. The lowest BCUT2D eigenvalue weighted by Gasteiger charge is -2.14. The summed E-state index contributed by atoms with van der Waals surface area (Å²) < 4.78 is 20.8. The normalized spacial score (nSPS) is 14.6. The molecule has 1 fully saturated rings. The number of benzene rings is 1. The van der Waals surface area contributed by atoms with E-state index in [0.717, 1.165) is 30.4 Å². The van der Waals surface area contributed by atoms with Gasteiger partial charge in [0.15, 0.2) is 0 Å². The van der Waals surface area contributed by atoms with Gasteiger partial charge in [-0.2, -0.15) is 9.78 Å². The number of amides is 1. The van der Waals surface area contributed by atoms with Crippen molar-refractivity contribution >= 4 is 11.7 Å². The molecule has 1 aromatic carbocycles. The van der Waals surface area contributed by atoms with E-state index >= 15 is 0 Å². The minimum atomic E-state index is -0.756. The number of nitrogens with zero attached hydrogens (tertiary/aromatic N) is 4. The number of anilines is 1. The summed E-state index contributed by atoms with van der Waals surface area (Å²) in [5, 5.41) is 11.1. The average molecular weight is 371 g/mol.